The zero-order chi connectivity index (χ0) is 17.0. The second-order valence-electron chi connectivity index (χ2n) is 6.35. The average molecular weight is 341 g/mol. The fourth-order valence-corrected chi connectivity index (χ4v) is 4.26. The molecule has 0 bridgehead atoms. The smallest absolute Gasteiger partial charge is 0.230 e. The zero-order valence-corrected chi connectivity index (χ0v) is 14.7. The highest BCUT2D eigenvalue weighted by Crippen LogP contribution is 2.37. The molecule has 1 aliphatic heterocycles. The van der Waals surface area contributed by atoms with Gasteiger partial charge in [0.1, 0.15) is 0 Å². The summed E-state index contributed by atoms with van der Waals surface area (Å²) in [5.74, 6) is 0. The molecule has 1 saturated heterocycles. The van der Waals surface area contributed by atoms with E-state index in [0.29, 0.717) is 11.1 Å². The molecule has 1 fully saturated rings. The van der Waals surface area contributed by atoms with Gasteiger partial charge in [0.15, 0.2) is 5.60 Å². The fraction of sp³-hybridized carbons (Fsp3) is 0.350. The third-order valence-electron chi connectivity index (χ3n) is 4.62. The molecule has 24 heavy (non-hydrogen) atoms. The Balaban J connectivity index is 1.89. The molecule has 1 N–H and O–H groups in total. The number of carbonyl (C=O) groups excluding carboxylic acids is 1. The van der Waals surface area contributed by atoms with Crippen molar-refractivity contribution in [1.29, 1.82) is 0 Å². The van der Waals surface area contributed by atoms with Crippen LogP contribution in [0.25, 0.3) is 0 Å². The van der Waals surface area contributed by atoms with Crippen LogP contribution in [-0.4, -0.2) is 40.5 Å². The molecule has 0 aromatic heterocycles. The maximum absolute atomic E-state index is 13.1. The van der Waals surface area contributed by atoms with Crippen LogP contribution in [0.5, 0.6) is 0 Å². The van der Waals surface area contributed by atoms with Crippen LogP contribution >= 0.6 is 11.8 Å². The molecule has 0 atom stereocenters. The van der Waals surface area contributed by atoms with Gasteiger partial charge < -0.3 is 10.0 Å². The minimum absolute atomic E-state index is 0.186. The first-order valence-corrected chi connectivity index (χ1v) is 9.21. The van der Waals surface area contributed by atoms with E-state index in [2.05, 4.69) is 11.9 Å². The van der Waals surface area contributed by atoms with Gasteiger partial charge >= 0.3 is 0 Å². The van der Waals surface area contributed by atoms with Crippen LogP contribution in [0.4, 0.5) is 0 Å². The molecule has 1 aliphatic rings. The van der Waals surface area contributed by atoms with E-state index >= 15 is 0 Å². The Morgan fingerprint density at radius 2 is 1.46 bits per heavy atom. The Labute approximate surface area is 147 Å². The second kappa shape index (κ2) is 7.51. The van der Waals surface area contributed by atoms with Crippen LogP contribution in [0.15, 0.2) is 60.7 Å². The maximum Gasteiger partial charge on any atom is 0.230 e. The number of hydrogen-bond acceptors (Lipinski definition) is 4. The fourth-order valence-electron chi connectivity index (χ4n) is 3.10. The van der Waals surface area contributed by atoms with Gasteiger partial charge in [-0.05, 0) is 44.1 Å². The van der Waals surface area contributed by atoms with Crippen LogP contribution in [0, 0.1) is 0 Å². The van der Waals surface area contributed by atoms with Crippen LogP contribution in [-0.2, 0) is 10.4 Å². The van der Waals surface area contributed by atoms with E-state index in [9.17, 15) is 9.90 Å². The lowest BCUT2D eigenvalue weighted by Gasteiger charge is -2.32. The van der Waals surface area contributed by atoms with Crippen molar-refractivity contribution < 1.29 is 9.90 Å². The molecular weight excluding hydrogens is 318 g/mol. The highest BCUT2D eigenvalue weighted by atomic mass is 32.2. The topological polar surface area (TPSA) is 40.5 Å². The van der Waals surface area contributed by atoms with E-state index in [1.165, 1.54) is 11.8 Å². The van der Waals surface area contributed by atoms with E-state index in [1.807, 2.05) is 60.7 Å². The average Bonchev–Trinajstić information content (AvgIpc) is 2.64. The molecule has 0 spiro atoms. The molecule has 4 heteroatoms. The van der Waals surface area contributed by atoms with Gasteiger partial charge in [0.2, 0.25) is 5.12 Å². The van der Waals surface area contributed by atoms with Crippen LogP contribution in [0.2, 0.25) is 0 Å². The van der Waals surface area contributed by atoms with Crippen molar-refractivity contribution in [3.05, 3.63) is 71.8 Å². The predicted molar refractivity (Wildman–Crippen MR) is 99.0 cm³/mol. The molecule has 0 amide bonds. The Kier molecular flexibility index (Phi) is 5.39. The zero-order valence-electron chi connectivity index (χ0n) is 13.9. The van der Waals surface area contributed by atoms with Gasteiger partial charge in [-0.3, -0.25) is 4.79 Å². The Morgan fingerprint density at radius 1 is 1.00 bits per heavy atom. The summed E-state index contributed by atoms with van der Waals surface area (Å²) >= 11 is 1.30. The number of thioether (sulfide) groups is 1. The predicted octanol–water partition coefficient (Wildman–Crippen LogP) is 3.28. The molecule has 0 radical (unpaired) electrons. The minimum Gasteiger partial charge on any atom is -0.372 e. The molecule has 0 saturated carbocycles. The van der Waals surface area contributed by atoms with Gasteiger partial charge in [0.05, 0.1) is 0 Å². The molecule has 3 nitrogen and oxygen atoms in total. The van der Waals surface area contributed by atoms with Crippen LogP contribution in [0.3, 0.4) is 0 Å². The number of nitrogens with zero attached hydrogens (tertiary/aromatic N) is 1. The van der Waals surface area contributed by atoms with Crippen molar-refractivity contribution in [2.24, 2.45) is 0 Å². The molecule has 0 aliphatic carbocycles. The lowest BCUT2D eigenvalue weighted by molar-refractivity contribution is -0.124. The second-order valence-corrected chi connectivity index (χ2v) is 7.62. The number of carbonyl (C=O) groups is 1. The lowest BCUT2D eigenvalue weighted by atomic mass is 9.87. The summed E-state index contributed by atoms with van der Waals surface area (Å²) in [5, 5.41) is 11.5. The summed E-state index contributed by atoms with van der Waals surface area (Å²) < 4.78 is 0. The van der Waals surface area contributed by atoms with Gasteiger partial charge in [-0.1, -0.05) is 72.4 Å². The van der Waals surface area contributed by atoms with Crippen molar-refractivity contribution in [2.45, 2.75) is 23.7 Å². The van der Waals surface area contributed by atoms with E-state index in [0.717, 1.165) is 25.9 Å². The molecular formula is C20H23NO2S. The van der Waals surface area contributed by atoms with Gasteiger partial charge in [0.25, 0.3) is 0 Å². The summed E-state index contributed by atoms with van der Waals surface area (Å²) in [7, 11) is 2.10. The summed E-state index contributed by atoms with van der Waals surface area (Å²) in [6, 6.07) is 18.5. The summed E-state index contributed by atoms with van der Waals surface area (Å²) in [4.78, 5) is 15.4. The first-order valence-electron chi connectivity index (χ1n) is 8.34. The largest absolute Gasteiger partial charge is 0.372 e. The lowest BCUT2D eigenvalue weighted by Crippen LogP contribution is -2.38. The molecule has 1 heterocycles. The standard InChI is InChI=1S/C20H23NO2S/c1-21-14-12-18(13-15-21)24-19(22)20(23,16-8-4-2-5-9-16)17-10-6-3-7-11-17/h2-11,18,23H,12-15H2,1H3. The van der Waals surface area contributed by atoms with Gasteiger partial charge in [-0.25, -0.2) is 0 Å². The molecule has 126 valence electrons. The van der Waals surface area contributed by atoms with E-state index in [1.54, 1.807) is 0 Å². The summed E-state index contributed by atoms with van der Waals surface area (Å²) in [5.41, 5.74) is -0.348. The summed E-state index contributed by atoms with van der Waals surface area (Å²) in [6.45, 7) is 2.00. The van der Waals surface area contributed by atoms with Gasteiger partial charge in [-0.15, -0.1) is 0 Å². The van der Waals surface area contributed by atoms with Crippen molar-refractivity contribution in [3.8, 4) is 0 Å². The number of aliphatic hydroxyl groups is 1. The SMILES string of the molecule is CN1CCC(SC(=O)C(O)(c2ccccc2)c2ccccc2)CC1. The van der Waals surface area contributed by atoms with Crippen molar-refractivity contribution >= 4 is 16.9 Å². The monoisotopic (exact) mass is 341 g/mol. The van der Waals surface area contributed by atoms with Crippen LogP contribution in [0.1, 0.15) is 24.0 Å². The molecule has 2 aromatic rings. The maximum atomic E-state index is 13.1. The van der Waals surface area contributed by atoms with E-state index in [4.69, 9.17) is 0 Å². The van der Waals surface area contributed by atoms with Crippen molar-refractivity contribution in [2.75, 3.05) is 20.1 Å². The molecule has 3 rings (SSSR count). The number of hydrogen-bond donors (Lipinski definition) is 1. The first kappa shape index (κ1) is 17.2. The van der Waals surface area contributed by atoms with Crippen molar-refractivity contribution in [3.63, 3.8) is 0 Å². The normalized spacial score (nSPS) is 16.9. The number of piperidine rings is 1. The first-order chi connectivity index (χ1) is 11.6. The number of rotatable bonds is 4. The quantitative estimate of drug-likeness (QED) is 0.926. The van der Waals surface area contributed by atoms with Crippen molar-refractivity contribution in [1.82, 2.24) is 4.90 Å². The number of benzene rings is 2. The summed E-state index contributed by atoms with van der Waals surface area (Å²) in [6.07, 6.45) is 1.96. The van der Waals surface area contributed by atoms with Gasteiger partial charge in [0, 0.05) is 5.25 Å². The Morgan fingerprint density at radius 3 is 1.92 bits per heavy atom. The third-order valence-corrected chi connectivity index (χ3v) is 5.93. The van der Waals surface area contributed by atoms with Crippen LogP contribution < -0.4 is 0 Å². The van der Waals surface area contributed by atoms with E-state index < -0.39 is 5.60 Å². The number of likely N-dealkylation sites (tertiary alicyclic amines) is 1. The highest BCUT2D eigenvalue weighted by molar-refractivity contribution is 8.14. The Hall–Kier alpha value is -1.62. The third kappa shape index (κ3) is 3.56. The highest BCUT2D eigenvalue weighted by Gasteiger charge is 2.41. The Bertz CT molecular complexity index is 627. The van der Waals surface area contributed by atoms with Gasteiger partial charge in [-0.2, -0.15) is 0 Å². The molecule has 0 unspecified atom stereocenters. The minimum atomic E-state index is -1.60. The molecule has 2 aromatic carbocycles. The van der Waals surface area contributed by atoms with E-state index in [-0.39, 0.29) is 10.4 Å².